The van der Waals surface area contributed by atoms with Crippen molar-refractivity contribution >= 4 is 17.3 Å². The maximum Gasteiger partial charge on any atom is 0.269 e. The first-order chi connectivity index (χ1) is 10.6. The van der Waals surface area contributed by atoms with E-state index in [9.17, 15) is 14.9 Å². The molecule has 0 unspecified atom stereocenters. The van der Waals surface area contributed by atoms with Crippen molar-refractivity contribution in [3.8, 4) is 0 Å². The second kappa shape index (κ2) is 7.15. The van der Waals surface area contributed by atoms with Crippen LogP contribution in [0.2, 0.25) is 0 Å². The van der Waals surface area contributed by atoms with Crippen molar-refractivity contribution in [1.82, 2.24) is 4.90 Å². The van der Waals surface area contributed by atoms with Gasteiger partial charge in [0.1, 0.15) is 0 Å². The lowest BCUT2D eigenvalue weighted by atomic mass is 10.1. The maximum atomic E-state index is 12.4. The Kier molecular flexibility index (Phi) is 5.24. The summed E-state index contributed by atoms with van der Waals surface area (Å²) >= 11 is 0. The highest BCUT2D eigenvalue weighted by Crippen LogP contribution is 2.31. The number of aliphatic hydroxyl groups excluding tert-OH is 1. The van der Waals surface area contributed by atoms with E-state index in [0.717, 1.165) is 11.3 Å². The standard InChI is InChI=1S/C15H19N3O4/c1-2-6-16(8-9-19)11-15(20)17-7-5-12-10-13(18(21)22)3-4-14(12)17/h2-4,10,19H,1,5-9,11H2. The lowest BCUT2D eigenvalue weighted by molar-refractivity contribution is -0.384. The van der Waals surface area contributed by atoms with Crippen LogP contribution in [0.3, 0.4) is 0 Å². The average molecular weight is 305 g/mol. The molecule has 1 aromatic carbocycles. The van der Waals surface area contributed by atoms with Crippen molar-refractivity contribution in [2.24, 2.45) is 0 Å². The van der Waals surface area contributed by atoms with Gasteiger partial charge in [-0.2, -0.15) is 0 Å². The Morgan fingerprint density at radius 2 is 2.32 bits per heavy atom. The highest BCUT2D eigenvalue weighted by Gasteiger charge is 2.27. The van der Waals surface area contributed by atoms with Crippen LogP contribution in [-0.2, 0) is 11.2 Å². The van der Waals surface area contributed by atoms with E-state index < -0.39 is 4.92 Å². The molecule has 0 bridgehead atoms. The summed E-state index contributed by atoms with van der Waals surface area (Å²) in [5, 5.41) is 19.8. The number of aliphatic hydroxyl groups is 1. The minimum Gasteiger partial charge on any atom is -0.395 e. The number of carbonyl (C=O) groups is 1. The molecule has 1 N–H and O–H groups in total. The van der Waals surface area contributed by atoms with Gasteiger partial charge in [0.15, 0.2) is 0 Å². The number of hydrogen-bond acceptors (Lipinski definition) is 5. The third-order valence-electron chi connectivity index (χ3n) is 3.63. The monoisotopic (exact) mass is 305 g/mol. The van der Waals surface area contributed by atoms with E-state index in [0.29, 0.717) is 26.1 Å². The van der Waals surface area contributed by atoms with Crippen LogP contribution in [0.25, 0.3) is 0 Å². The van der Waals surface area contributed by atoms with E-state index in [1.807, 2.05) is 0 Å². The first-order valence-electron chi connectivity index (χ1n) is 7.08. The number of amides is 1. The summed E-state index contributed by atoms with van der Waals surface area (Å²) in [6.07, 6.45) is 2.30. The minimum atomic E-state index is -0.433. The van der Waals surface area contributed by atoms with E-state index >= 15 is 0 Å². The Morgan fingerprint density at radius 1 is 1.55 bits per heavy atom. The molecule has 0 atom stereocenters. The molecule has 22 heavy (non-hydrogen) atoms. The maximum absolute atomic E-state index is 12.4. The molecule has 0 fully saturated rings. The number of benzene rings is 1. The molecule has 118 valence electrons. The number of fused-ring (bicyclic) bond motifs is 1. The minimum absolute atomic E-state index is 0.0239. The summed E-state index contributed by atoms with van der Waals surface area (Å²) in [5.41, 5.74) is 1.60. The van der Waals surface area contributed by atoms with Crippen LogP contribution in [0.15, 0.2) is 30.9 Å². The zero-order valence-electron chi connectivity index (χ0n) is 12.3. The summed E-state index contributed by atoms with van der Waals surface area (Å²) in [6, 6.07) is 4.57. The summed E-state index contributed by atoms with van der Waals surface area (Å²) in [4.78, 5) is 26.2. The Bertz CT molecular complexity index is 588. The number of non-ortho nitro benzene ring substituents is 1. The second-order valence-electron chi connectivity index (χ2n) is 5.11. The summed E-state index contributed by atoms with van der Waals surface area (Å²) in [5.74, 6) is -0.0806. The molecular weight excluding hydrogens is 286 g/mol. The van der Waals surface area contributed by atoms with Crippen LogP contribution in [-0.4, -0.2) is 53.6 Å². The van der Waals surface area contributed by atoms with Gasteiger partial charge < -0.3 is 10.0 Å². The first-order valence-corrected chi connectivity index (χ1v) is 7.08. The van der Waals surface area contributed by atoms with Gasteiger partial charge >= 0.3 is 0 Å². The molecule has 0 saturated heterocycles. The smallest absolute Gasteiger partial charge is 0.269 e. The van der Waals surface area contributed by atoms with Gasteiger partial charge in [-0.05, 0) is 18.1 Å². The summed E-state index contributed by atoms with van der Waals surface area (Å²) in [7, 11) is 0. The van der Waals surface area contributed by atoms with Crippen LogP contribution >= 0.6 is 0 Å². The molecule has 1 heterocycles. The Morgan fingerprint density at radius 3 is 2.95 bits per heavy atom. The van der Waals surface area contributed by atoms with Gasteiger partial charge in [-0.25, -0.2) is 0 Å². The van der Waals surface area contributed by atoms with E-state index in [1.165, 1.54) is 12.1 Å². The van der Waals surface area contributed by atoms with Crippen molar-refractivity contribution in [3.05, 3.63) is 46.5 Å². The van der Waals surface area contributed by atoms with Gasteiger partial charge in [-0.3, -0.25) is 19.8 Å². The van der Waals surface area contributed by atoms with Gasteiger partial charge in [-0.15, -0.1) is 6.58 Å². The highest BCUT2D eigenvalue weighted by molar-refractivity contribution is 5.97. The van der Waals surface area contributed by atoms with Crippen LogP contribution in [0.4, 0.5) is 11.4 Å². The van der Waals surface area contributed by atoms with E-state index in [1.54, 1.807) is 21.9 Å². The topological polar surface area (TPSA) is 86.9 Å². The third kappa shape index (κ3) is 3.49. The Balaban J connectivity index is 2.11. The predicted octanol–water partition coefficient (Wildman–Crippen LogP) is 0.964. The fourth-order valence-corrected chi connectivity index (χ4v) is 2.60. The predicted molar refractivity (Wildman–Crippen MR) is 82.9 cm³/mol. The fraction of sp³-hybridized carbons (Fsp3) is 0.400. The third-order valence-corrected chi connectivity index (χ3v) is 3.63. The Hall–Kier alpha value is -2.25. The molecule has 0 aromatic heterocycles. The number of carbonyl (C=O) groups excluding carboxylic acids is 1. The number of nitrogens with zero attached hydrogens (tertiary/aromatic N) is 3. The van der Waals surface area contributed by atoms with Crippen LogP contribution in [0, 0.1) is 10.1 Å². The van der Waals surface area contributed by atoms with E-state index in [4.69, 9.17) is 5.11 Å². The summed E-state index contributed by atoms with van der Waals surface area (Å²) < 4.78 is 0. The zero-order chi connectivity index (χ0) is 16.1. The number of nitro benzene ring substituents is 1. The van der Waals surface area contributed by atoms with Crippen molar-refractivity contribution in [2.75, 3.05) is 37.7 Å². The fourth-order valence-electron chi connectivity index (χ4n) is 2.60. The second-order valence-corrected chi connectivity index (χ2v) is 5.11. The molecule has 7 nitrogen and oxygen atoms in total. The molecule has 0 spiro atoms. The molecule has 0 radical (unpaired) electrons. The van der Waals surface area contributed by atoms with E-state index in [2.05, 4.69) is 6.58 Å². The van der Waals surface area contributed by atoms with Crippen LogP contribution in [0.1, 0.15) is 5.56 Å². The van der Waals surface area contributed by atoms with Gasteiger partial charge in [0, 0.05) is 37.5 Å². The molecule has 1 aliphatic rings. The molecule has 1 aromatic rings. The van der Waals surface area contributed by atoms with Crippen molar-refractivity contribution in [2.45, 2.75) is 6.42 Å². The van der Waals surface area contributed by atoms with Crippen molar-refractivity contribution < 1.29 is 14.8 Å². The van der Waals surface area contributed by atoms with Gasteiger partial charge in [0.05, 0.1) is 18.1 Å². The average Bonchev–Trinajstić information content (AvgIpc) is 2.90. The van der Waals surface area contributed by atoms with E-state index in [-0.39, 0.29) is 24.7 Å². The lowest BCUT2D eigenvalue weighted by Crippen LogP contribution is -2.40. The number of nitro groups is 1. The summed E-state index contributed by atoms with van der Waals surface area (Å²) in [6.45, 7) is 5.24. The zero-order valence-corrected chi connectivity index (χ0v) is 12.3. The highest BCUT2D eigenvalue weighted by atomic mass is 16.6. The lowest BCUT2D eigenvalue weighted by Gasteiger charge is -2.23. The normalized spacial score (nSPS) is 13.3. The Labute approximate surface area is 128 Å². The van der Waals surface area contributed by atoms with Crippen LogP contribution < -0.4 is 4.90 Å². The van der Waals surface area contributed by atoms with Gasteiger partial charge in [0.25, 0.3) is 5.69 Å². The van der Waals surface area contributed by atoms with Crippen molar-refractivity contribution in [3.63, 3.8) is 0 Å². The molecule has 0 aliphatic carbocycles. The SMILES string of the molecule is C=CCN(CCO)CC(=O)N1CCc2cc([N+](=O)[O-])ccc21. The quantitative estimate of drug-likeness (QED) is 0.461. The van der Waals surface area contributed by atoms with Crippen molar-refractivity contribution in [1.29, 1.82) is 0 Å². The number of anilines is 1. The van der Waals surface area contributed by atoms with Gasteiger partial charge in [-0.1, -0.05) is 6.08 Å². The van der Waals surface area contributed by atoms with Gasteiger partial charge in [0.2, 0.25) is 5.91 Å². The van der Waals surface area contributed by atoms with Crippen LogP contribution in [0.5, 0.6) is 0 Å². The molecular formula is C15H19N3O4. The first kappa shape index (κ1) is 16.1. The number of rotatable bonds is 7. The molecule has 1 aliphatic heterocycles. The molecule has 7 heteroatoms. The number of hydrogen-bond donors (Lipinski definition) is 1. The molecule has 1 amide bonds. The largest absolute Gasteiger partial charge is 0.395 e. The molecule has 2 rings (SSSR count). The molecule has 0 saturated carbocycles.